The van der Waals surface area contributed by atoms with Crippen LogP contribution in [0.5, 0.6) is 0 Å². The van der Waals surface area contributed by atoms with Gasteiger partial charge in [0, 0.05) is 16.8 Å². The molecule has 0 aliphatic rings. The summed E-state index contributed by atoms with van der Waals surface area (Å²) in [6, 6.07) is 11.3. The number of nitro benzene ring substituents is 1. The first-order valence-electron chi connectivity index (χ1n) is 8.50. The maximum atomic E-state index is 12.8. The lowest BCUT2D eigenvalue weighted by Crippen LogP contribution is -2.19. The second-order valence-corrected chi connectivity index (χ2v) is 9.59. The van der Waals surface area contributed by atoms with Crippen molar-refractivity contribution in [2.24, 2.45) is 0 Å². The lowest BCUT2D eigenvalue weighted by atomic mass is 10.1. The Hall–Kier alpha value is -2.56. The molecular formula is C19H11Cl4N3O5S. The number of hydrogen-bond acceptors (Lipinski definition) is 5. The molecule has 0 spiro atoms. The van der Waals surface area contributed by atoms with Crippen LogP contribution in [0.4, 0.5) is 17.1 Å². The first kappa shape index (κ1) is 24.1. The van der Waals surface area contributed by atoms with E-state index in [0.29, 0.717) is 5.69 Å². The van der Waals surface area contributed by atoms with Gasteiger partial charge in [-0.2, -0.15) is 0 Å². The van der Waals surface area contributed by atoms with Crippen molar-refractivity contribution in [2.45, 2.75) is 4.90 Å². The van der Waals surface area contributed by atoms with E-state index in [0.717, 1.165) is 18.2 Å². The Morgan fingerprint density at radius 2 is 1.56 bits per heavy atom. The number of anilines is 2. The monoisotopic (exact) mass is 533 g/mol. The quantitative estimate of drug-likeness (QED) is 0.285. The lowest BCUT2D eigenvalue weighted by Gasteiger charge is -2.14. The van der Waals surface area contributed by atoms with Crippen LogP contribution in [0, 0.1) is 10.1 Å². The highest BCUT2D eigenvalue weighted by atomic mass is 35.5. The van der Waals surface area contributed by atoms with Crippen LogP contribution >= 0.6 is 46.4 Å². The molecule has 0 aliphatic heterocycles. The average molecular weight is 535 g/mol. The molecule has 0 aliphatic carbocycles. The molecule has 0 bridgehead atoms. The first-order chi connectivity index (χ1) is 15.0. The fraction of sp³-hybridized carbons (Fsp3) is 0. The van der Waals surface area contributed by atoms with Gasteiger partial charge in [-0.3, -0.25) is 19.6 Å². The summed E-state index contributed by atoms with van der Waals surface area (Å²) in [4.78, 5) is 22.7. The molecule has 0 radical (unpaired) electrons. The van der Waals surface area contributed by atoms with Gasteiger partial charge in [-0.05, 0) is 48.5 Å². The molecule has 0 aromatic heterocycles. The number of halogens is 4. The predicted octanol–water partition coefficient (Wildman–Crippen LogP) is 6.26. The second kappa shape index (κ2) is 9.51. The van der Waals surface area contributed by atoms with Crippen LogP contribution in [0.1, 0.15) is 10.4 Å². The molecule has 3 aromatic rings. The van der Waals surface area contributed by atoms with Crippen LogP contribution < -0.4 is 10.0 Å². The van der Waals surface area contributed by atoms with E-state index in [1.165, 1.54) is 36.4 Å². The van der Waals surface area contributed by atoms with E-state index in [1.54, 1.807) is 0 Å². The molecule has 13 heteroatoms. The number of sulfonamides is 1. The zero-order valence-corrected chi connectivity index (χ0v) is 19.4. The van der Waals surface area contributed by atoms with E-state index >= 15 is 0 Å². The number of amides is 1. The topological polar surface area (TPSA) is 118 Å². The minimum absolute atomic E-state index is 0.101. The number of nitrogens with zero attached hydrogens (tertiary/aromatic N) is 1. The van der Waals surface area contributed by atoms with Crippen molar-refractivity contribution in [1.82, 2.24) is 0 Å². The highest BCUT2D eigenvalue weighted by Gasteiger charge is 2.23. The minimum Gasteiger partial charge on any atom is -0.322 e. The van der Waals surface area contributed by atoms with Crippen LogP contribution in [0.3, 0.4) is 0 Å². The van der Waals surface area contributed by atoms with Crippen molar-refractivity contribution in [1.29, 1.82) is 0 Å². The zero-order valence-electron chi connectivity index (χ0n) is 15.6. The van der Waals surface area contributed by atoms with Gasteiger partial charge in [-0.15, -0.1) is 0 Å². The molecule has 0 heterocycles. The zero-order chi connectivity index (χ0) is 23.6. The highest BCUT2D eigenvalue weighted by molar-refractivity contribution is 7.92. The molecule has 1 amide bonds. The van der Waals surface area contributed by atoms with Crippen LogP contribution in [-0.4, -0.2) is 19.2 Å². The molecule has 2 N–H and O–H groups in total. The standard InChI is InChI=1S/C19H11Cl4N3O5S/c20-10-1-6-17(13(7-10)19(27)24-11-2-4-14(21)16(23)8-11)25-32(30,31)12-3-5-15(22)18(9-12)26(28)29/h1-9,25H,(H,24,27). The summed E-state index contributed by atoms with van der Waals surface area (Å²) in [5.41, 5.74) is -0.477. The maximum absolute atomic E-state index is 12.8. The summed E-state index contributed by atoms with van der Waals surface area (Å²) >= 11 is 23.5. The normalized spacial score (nSPS) is 11.1. The third-order valence-corrected chi connectivity index (χ3v) is 6.73. The van der Waals surface area contributed by atoms with E-state index in [9.17, 15) is 23.3 Å². The molecule has 8 nitrogen and oxygen atoms in total. The van der Waals surface area contributed by atoms with Gasteiger partial charge in [0.2, 0.25) is 0 Å². The Morgan fingerprint density at radius 3 is 2.22 bits per heavy atom. The number of hydrogen-bond donors (Lipinski definition) is 2. The molecule has 32 heavy (non-hydrogen) atoms. The van der Waals surface area contributed by atoms with Gasteiger partial charge in [-0.1, -0.05) is 46.4 Å². The second-order valence-electron chi connectivity index (χ2n) is 6.25. The van der Waals surface area contributed by atoms with Gasteiger partial charge in [0.05, 0.1) is 31.1 Å². The number of nitro groups is 1. The van der Waals surface area contributed by atoms with Crippen molar-refractivity contribution in [3.05, 3.63) is 90.4 Å². The molecule has 0 atom stereocenters. The summed E-state index contributed by atoms with van der Waals surface area (Å²) in [6.07, 6.45) is 0. The summed E-state index contributed by atoms with van der Waals surface area (Å²) in [5, 5.41) is 14.1. The number of carbonyl (C=O) groups is 1. The third kappa shape index (κ3) is 5.43. The van der Waals surface area contributed by atoms with E-state index in [1.807, 2.05) is 0 Å². The number of carbonyl (C=O) groups excluding carboxylic acids is 1. The molecule has 3 rings (SSSR count). The Bertz CT molecular complexity index is 1350. The molecular weight excluding hydrogens is 524 g/mol. The number of benzene rings is 3. The maximum Gasteiger partial charge on any atom is 0.289 e. The van der Waals surface area contributed by atoms with Gasteiger partial charge >= 0.3 is 0 Å². The molecule has 0 saturated carbocycles. The Labute approximate surface area is 202 Å². The van der Waals surface area contributed by atoms with E-state index in [2.05, 4.69) is 10.0 Å². The fourth-order valence-corrected chi connectivity index (χ4v) is 4.32. The number of nitrogens with one attached hydrogen (secondary N) is 2. The van der Waals surface area contributed by atoms with Gasteiger partial charge in [0.1, 0.15) is 5.02 Å². The summed E-state index contributed by atoms with van der Waals surface area (Å²) in [7, 11) is -4.31. The van der Waals surface area contributed by atoms with E-state index < -0.39 is 31.4 Å². The van der Waals surface area contributed by atoms with Crippen LogP contribution in [-0.2, 0) is 10.0 Å². The van der Waals surface area contributed by atoms with Gasteiger partial charge in [-0.25, -0.2) is 8.42 Å². The van der Waals surface area contributed by atoms with Crippen molar-refractivity contribution in [3.8, 4) is 0 Å². The van der Waals surface area contributed by atoms with E-state index in [-0.39, 0.29) is 31.3 Å². The Balaban J connectivity index is 1.95. The van der Waals surface area contributed by atoms with Gasteiger partial charge in [0.15, 0.2) is 0 Å². The lowest BCUT2D eigenvalue weighted by molar-refractivity contribution is -0.384. The van der Waals surface area contributed by atoms with Crippen molar-refractivity contribution in [2.75, 3.05) is 10.0 Å². The van der Waals surface area contributed by atoms with E-state index in [4.69, 9.17) is 46.4 Å². The van der Waals surface area contributed by atoms with Crippen LogP contribution in [0.2, 0.25) is 20.1 Å². The Morgan fingerprint density at radius 1 is 0.875 bits per heavy atom. The minimum atomic E-state index is -4.31. The fourth-order valence-electron chi connectivity index (χ4n) is 2.57. The largest absolute Gasteiger partial charge is 0.322 e. The molecule has 0 fully saturated rings. The highest BCUT2D eigenvalue weighted by Crippen LogP contribution is 2.30. The first-order valence-corrected chi connectivity index (χ1v) is 11.5. The summed E-state index contributed by atoms with van der Waals surface area (Å²) in [5.74, 6) is -0.689. The average Bonchev–Trinajstić information content (AvgIpc) is 2.71. The SMILES string of the molecule is O=C(Nc1ccc(Cl)c(Cl)c1)c1cc(Cl)ccc1NS(=O)(=O)c1ccc(Cl)c([N+](=O)[O-])c1. The van der Waals surface area contributed by atoms with Crippen molar-refractivity contribution < 1.29 is 18.1 Å². The summed E-state index contributed by atoms with van der Waals surface area (Å²) < 4.78 is 27.9. The van der Waals surface area contributed by atoms with Crippen LogP contribution in [0.25, 0.3) is 0 Å². The number of rotatable bonds is 6. The van der Waals surface area contributed by atoms with Crippen molar-refractivity contribution in [3.63, 3.8) is 0 Å². The van der Waals surface area contributed by atoms with Gasteiger partial charge in [0.25, 0.3) is 21.6 Å². The predicted molar refractivity (Wildman–Crippen MR) is 125 cm³/mol. The van der Waals surface area contributed by atoms with Gasteiger partial charge < -0.3 is 5.32 Å². The molecule has 0 saturated heterocycles. The summed E-state index contributed by atoms with van der Waals surface area (Å²) in [6.45, 7) is 0. The third-order valence-electron chi connectivity index (χ3n) is 4.07. The molecule has 3 aromatic carbocycles. The Kier molecular flexibility index (Phi) is 7.16. The van der Waals surface area contributed by atoms with Crippen LogP contribution in [0.15, 0.2) is 59.5 Å². The smallest absolute Gasteiger partial charge is 0.289 e. The molecule has 0 unspecified atom stereocenters. The molecule has 166 valence electrons. The van der Waals surface area contributed by atoms with Crippen molar-refractivity contribution >= 4 is 79.4 Å².